The van der Waals surface area contributed by atoms with E-state index in [1.165, 1.54) is 12.1 Å². The summed E-state index contributed by atoms with van der Waals surface area (Å²) in [4.78, 5) is 0. The molecule has 0 saturated carbocycles. The van der Waals surface area contributed by atoms with Crippen LogP contribution in [0.1, 0.15) is 64.6 Å². The van der Waals surface area contributed by atoms with Crippen LogP contribution in [-0.2, 0) is 54.9 Å². The summed E-state index contributed by atoms with van der Waals surface area (Å²) < 4.78 is 63.4. The summed E-state index contributed by atoms with van der Waals surface area (Å²) in [5.74, 6) is -1.06. The van der Waals surface area contributed by atoms with Crippen molar-refractivity contribution >= 4 is 17.3 Å². The fraction of sp³-hybridized carbons (Fsp3) is 0.423. The van der Waals surface area contributed by atoms with Gasteiger partial charge in [-0.2, -0.15) is 23.8 Å². The zero-order chi connectivity index (χ0) is 29.1. The van der Waals surface area contributed by atoms with Crippen LogP contribution in [0.5, 0.6) is 0 Å². The minimum Gasteiger partial charge on any atom is -0.699 e. The molecule has 3 N–H and O–H groups in total. The number of ether oxygens (including phenoxy) is 2. The Balaban J connectivity index is 0.000000654. The van der Waals surface area contributed by atoms with E-state index in [4.69, 9.17) is 32.0 Å². The van der Waals surface area contributed by atoms with E-state index in [0.717, 1.165) is 10.7 Å². The minimum atomic E-state index is -4.55. The van der Waals surface area contributed by atoms with Crippen LogP contribution >= 0.6 is 11.6 Å². The summed E-state index contributed by atoms with van der Waals surface area (Å²) in [5, 5.41) is 12.5. The first kappa shape index (κ1) is 37.4. The van der Waals surface area contributed by atoms with E-state index in [0.29, 0.717) is 22.9 Å². The normalized spacial score (nSPS) is 15.4. The van der Waals surface area contributed by atoms with Crippen LogP contribution < -0.4 is 5.48 Å². The van der Waals surface area contributed by atoms with Gasteiger partial charge in [0.05, 0.1) is 24.5 Å². The number of nitrogens with zero attached hydrogens (tertiary/aromatic N) is 2. The first-order valence-corrected chi connectivity index (χ1v) is 12.4. The number of hydroxylamine groups is 1. The van der Waals surface area contributed by atoms with Gasteiger partial charge in [0.2, 0.25) is 0 Å². The number of alkyl halides is 3. The van der Waals surface area contributed by atoms with Gasteiger partial charge in [0.15, 0.2) is 11.5 Å². The zero-order valence-corrected chi connectivity index (χ0v) is 26.3. The van der Waals surface area contributed by atoms with Gasteiger partial charge in [0, 0.05) is 43.3 Å². The third kappa shape index (κ3) is 11.4. The Morgan fingerprint density at radius 3 is 2.26 bits per heavy atom. The number of benzene rings is 2. The molecule has 1 saturated heterocycles. The van der Waals surface area contributed by atoms with Crippen molar-refractivity contribution in [2.24, 2.45) is 0 Å². The van der Waals surface area contributed by atoms with Crippen molar-refractivity contribution < 1.29 is 65.0 Å². The molecule has 0 bridgehead atoms. The third-order valence-corrected chi connectivity index (χ3v) is 4.98. The molecule has 1 aliphatic rings. The second-order valence-corrected chi connectivity index (χ2v) is 8.24. The molecule has 1 unspecified atom stereocenters. The van der Waals surface area contributed by atoms with E-state index in [9.17, 15) is 17.6 Å². The number of nitrogens with one attached hydrogen (secondary N) is 2. The second kappa shape index (κ2) is 17.3. The summed E-state index contributed by atoms with van der Waals surface area (Å²) in [6, 6.07) is 11.4. The molecule has 13 heteroatoms. The Bertz CT molecular complexity index is 1150. The number of halogens is 5. The van der Waals surface area contributed by atoms with Crippen molar-refractivity contribution in [1.29, 1.82) is 0 Å². The molecule has 1 aliphatic heterocycles. The molecule has 0 spiro atoms. The van der Waals surface area contributed by atoms with E-state index in [-0.39, 0.29) is 56.7 Å². The Kier molecular flexibility index (Phi) is 16.6. The molecular formula is C26H34ClF4N4O3Y-. The van der Waals surface area contributed by atoms with Crippen molar-refractivity contribution in [3.63, 3.8) is 0 Å². The number of hydrogen-bond donors (Lipinski definition) is 2. The molecular weight excluding hydrogens is 617 g/mol. The van der Waals surface area contributed by atoms with Gasteiger partial charge < -0.3 is 20.4 Å². The predicted octanol–water partition coefficient (Wildman–Crippen LogP) is 8.41. The Hall–Kier alpha value is -1.60. The minimum absolute atomic E-state index is 0. The molecule has 2 aromatic carbocycles. The molecule has 1 atom stereocenters. The number of aromatic nitrogens is 2. The number of hydrogen-bond acceptors (Lipinski definition) is 5. The maximum absolute atomic E-state index is 13.5. The molecule has 4 rings (SSSR count). The van der Waals surface area contributed by atoms with Gasteiger partial charge in [-0.1, -0.05) is 57.5 Å². The van der Waals surface area contributed by atoms with Crippen LogP contribution in [0.4, 0.5) is 23.2 Å². The van der Waals surface area contributed by atoms with E-state index < -0.39 is 23.5 Å². The van der Waals surface area contributed by atoms with Crippen LogP contribution in [0.25, 0.3) is 11.4 Å². The molecule has 2 heterocycles. The molecule has 1 fully saturated rings. The summed E-state index contributed by atoms with van der Waals surface area (Å²) in [5.41, 5.74) is 9.21. The van der Waals surface area contributed by atoms with Crippen LogP contribution in [0.15, 0.2) is 48.5 Å². The SMILES string of the molecule is CC.CC.CC1(C)OCC(c2ccc([NH-])cc2F)O1.ONCc1cc(C(F)(F)F)nn1-c1cccc(Cl)c1.[Y]. The van der Waals surface area contributed by atoms with Crippen LogP contribution in [0.3, 0.4) is 0 Å². The first-order valence-electron chi connectivity index (χ1n) is 12.0. The Morgan fingerprint density at radius 1 is 1.13 bits per heavy atom. The molecule has 1 radical (unpaired) electrons. The van der Waals surface area contributed by atoms with E-state index in [1.807, 2.05) is 33.2 Å². The maximum atomic E-state index is 13.5. The molecule has 215 valence electrons. The van der Waals surface area contributed by atoms with Crippen molar-refractivity contribution in [3.8, 4) is 5.69 Å². The standard InChI is InChI=1S/C11H9ClF3N3O.C11H13FNO2.2C2H6.Y/c12-7-2-1-3-8(4-7)18-9(6-16-19)5-10(17-18)11(13,14)15;1-11(2)14-6-10(15-11)8-4-3-7(13)5-9(8)12;2*1-2;/h1-5,16,19H,6H2;3-5,10,13H,6H2,1-2H3;2*1-2H3;/q;-1;;;. The quantitative estimate of drug-likeness (QED) is 0.219. The van der Waals surface area contributed by atoms with Gasteiger partial charge in [0.1, 0.15) is 11.9 Å². The summed E-state index contributed by atoms with van der Waals surface area (Å²) in [6.45, 7) is 11.8. The van der Waals surface area contributed by atoms with Crippen molar-refractivity contribution in [1.82, 2.24) is 15.3 Å². The van der Waals surface area contributed by atoms with Gasteiger partial charge in [0.25, 0.3) is 0 Å². The maximum Gasteiger partial charge on any atom is 0.435 e. The van der Waals surface area contributed by atoms with E-state index in [1.54, 1.807) is 44.2 Å². The van der Waals surface area contributed by atoms with Crippen molar-refractivity contribution in [3.05, 3.63) is 82.1 Å². The van der Waals surface area contributed by atoms with Gasteiger partial charge in [-0.3, -0.25) is 0 Å². The predicted molar refractivity (Wildman–Crippen MR) is 139 cm³/mol. The van der Waals surface area contributed by atoms with Gasteiger partial charge in [-0.25, -0.2) is 9.07 Å². The summed E-state index contributed by atoms with van der Waals surface area (Å²) in [6.07, 6.45) is -4.92. The number of rotatable bonds is 4. The average molecular weight is 651 g/mol. The molecule has 0 aliphatic carbocycles. The largest absolute Gasteiger partial charge is 0.699 e. The topological polar surface area (TPSA) is 92.3 Å². The fourth-order valence-electron chi connectivity index (χ4n) is 3.23. The Labute approximate surface area is 256 Å². The molecule has 39 heavy (non-hydrogen) atoms. The van der Waals surface area contributed by atoms with Crippen LogP contribution in [-0.4, -0.2) is 27.4 Å². The Morgan fingerprint density at radius 2 is 1.77 bits per heavy atom. The van der Waals surface area contributed by atoms with Crippen LogP contribution in [0, 0.1) is 5.82 Å². The summed E-state index contributed by atoms with van der Waals surface area (Å²) in [7, 11) is 0. The smallest absolute Gasteiger partial charge is 0.435 e. The average Bonchev–Trinajstić information content (AvgIpc) is 3.45. The van der Waals surface area contributed by atoms with Crippen molar-refractivity contribution in [2.45, 2.75) is 66.2 Å². The van der Waals surface area contributed by atoms with Gasteiger partial charge in [-0.15, -0.1) is 5.69 Å². The molecule has 1 aromatic heterocycles. The van der Waals surface area contributed by atoms with Gasteiger partial charge >= 0.3 is 6.18 Å². The second-order valence-electron chi connectivity index (χ2n) is 7.80. The third-order valence-electron chi connectivity index (χ3n) is 4.74. The molecule has 7 nitrogen and oxygen atoms in total. The molecule has 3 aromatic rings. The summed E-state index contributed by atoms with van der Waals surface area (Å²) >= 11 is 5.79. The van der Waals surface area contributed by atoms with E-state index >= 15 is 0 Å². The fourth-order valence-corrected chi connectivity index (χ4v) is 3.41. The van der Waals surface area contributed by atoms with Crippen LogP contribution in [0.2, 0.25) is 5.02 Å². The van der Waals surface area contributed by atoms with Gasteiger partial charge in [-0.05, 0) is 44.2 Å². The molecule has 0 amide bonds. The van der Waals surface area contributed by atoms with E-state index in [2.05, 4.69) is 5.10 Å². The first-order chi connectivity index (χ1) is 17.9. The van der Waals surface area contributed by atoms with Crippen molar-refractivity contribution in [2.75, 3.05) is 6.61 Å². The zero-order valence-electron chi connectivity index (χ0n) is 22.7. The monoisotopic (exact) mass is 650 g/mol.